The van der Waals surface area contributed by atoms with Crippen molar-refractivity contribution in [1.82, 2.24) is 9.55 Å². The van der Waals surface area contributed by atoms with Crippen LogP contribution in [0, 0.1) is 20.8 Å². The minimum Gasteiger partial charge on any atom is -0.326 e. The number of nitrogens with zero attached hydrogens (tertiary/aromatic N) is 2. The van der Waals surface area contributed by atoms with E-state index < -0.39 is 26.7 Å². The normalized spacial score (nSPS) is 12.3. The van der Waals surface area contributed by atoms with E-state index in [0.29, 0.717) is 23.7 Å². The fourth-order valence-corrected chi connectivity index (χ4v) is 4.89. The number of halogens is 3. The molecule has 172 valence electrons. The van der Waals surface area contributed by atoms with Crippen molar-refractivity contribution < 1.29 is 21.6 Å². The highest BCUT2D eigenvalue weighted by atomic mass is 32.2. The molecule has 9 heteroatoms. The Kier molecular flexibility index (Phi) is 5.69. The molecule has 33 heavy (non-hydrogen) atoms. The third kappa shape index (κ3) is 4.59. The number of hydrogen-bond donors (Lipinski definition) is 1. The Labute approximate surface area is 189 Å². The summed E-state index contributed by atoms with van der Waals surface area (Å²) >= 11 is 0. The van der Waals surface area contributed by atoms with Crippen LogP contribution in [0.25, 0.3) is 11.0 Å². The number of benzene rings is 3. The Balaban J connectivity index is 1.76. The van der Waals surface area contributed by atoms with Gasteiger partial charge in [-0.1, -0.05) is 35.9 Å². The van der Waals surface area contributed by atoms with Crippen LogP contribution in [0.15, 0.2) is 65.8 Å². The van der Waals surface area contributed by atoms with Crippen molar-refractivity contribution in [1.29, 1.82) is 0 Å². The fraction of sp³-hybridized carbons (Fsp3) is 0.208. The highest BCUT2D eigenvalue weighted by molar-refractivity contribution is 7.92. The van der Waals surface area contributed by atoms with Crippen molar-refractivity contribution in [3.8, 4) is 0 Å². The van der Waals surface area contributed by atoms with E-state index in [-0.39, 0.29) is 5.69 Å². The first-order valence-electron chi connectivity index (χ1n) is 10.2. The van der Waals surface area contributed by atoms with E-state index >= 15 is 0 Å². The van der Waals surface area contributed by atoms with E-state index in [2.05, 4.69) is 15.8 Å². The van der Waals surface area contributed by atoms with Gasteiger partial charge in [0.05, 0.1) is 28.0 Å². The molecule has 0 aliphatic heterocycles. The van der Waals surface area contributed by atoms with Gasteiger partial charge >= 0.3 is 6.18 Å². The van der Waals surface area contributed by atoms with Crippen LogP contribution in [0.4, 0.5) is 18.9 Å². The number of nitrogens with one attached hydrogen (secondary N) is 1. The SMILES string of the molecule is Cc1cccc(Cn2cnc3c(NS(=O)(=O)c4cccc(C(F)(F)F)c4)c(C)c(C)cc32)c1. The Morgan fingerprint density at radius 2 is 1.73 bits per heavy atom. The number of fused-ring (bicyclic) bond motifs is 1. The van der Waals surface area contributed by atoms with Gasteiger partial charge in [0.2, 0.25) is 0 Å². The number of sulfonamides is 1. The predicted octanol–water partition coefficient (Wildman–Crippen LogP) is 5.83. The summed E-state index contributed by atoms with van der Waals surface area (Å²) in [5, 5.41) is 0. The van der Waals surface area contributed by atoms with Gasteiger partial charge in [0.1, 0.15) is 5.52 Å². The molecule has 0 amide bonds. The molecule has 5 nitrogen and oxygen atoms in total. The third-order valence-corrected chi connectivity index (χ3v) is 6.93. The van der Waals surface area contributed by atoms with E-state index in [4.69, 9.17) is 0 Å². The molecule has 0 radical (unpaired) electrons. The van der Waals surface area contributed by atoms with Gasteiger partial charge in [-0.25, -0.2) is 13.4 Å². The van der Waals surface area contributed by atoms with Crippen LogP contribution < -0.4 is 4.72 Å². The van der Waals surface area contributed by atoms with Gasteiger partial charge in [0.15, 0.2) is 0 Å². The van der Waals surface area contributed by atoms with Gasteiger partial charge in [-0.15, -0.1) is 0 Å². The lowest BCUT2D eigenvalue weighted by atomic mass is 10.1. The summed E-state index contributed by atoms with van der Waals surface area (Å²) in [7, 11) is -4.28. The second-order valence-corrected chi connectivity index (χ2v) is 9.74. The van der Waals surface area contributed by atoms with Crippen molar-refractivity contribution in [3.05, 3.63) is 88.7 Å². The first kappa shape index (κ1) is 22.8. The summed E-state index contributed by atoms with van der Waals surface area (Å²) in [6, 6.07) is 13.6. The van der Waals surface area contributed by atoms with Crippen molar-refractivity contribution in [2.24, 2.45) is 0 Å². The van der Waals surface area contributed by atoms with Gasteiger partial charge in [0, 0.05) is 6.54 Å². The number of aryl methyl sites for hydroxylation is 2. The summed E-state index contributed by atoms with van der Waals surface area (Å²) in [4.78, 5) is 3.96. The maximum Gasteiger partial charge on any atom is 0.416 e. The lowest BCUT2D eigenvalue weighted by Crippen LogP contribution is -2.16. The standard InChI is InChI=1S/C24H22F3N3O2S/c1-15-6-4-7-18(10-15)13-30-14-28-23-21(30)11-16(2)17(3)22(23)29-33(31,32)20-9-5-8-19(12-20)24(25,26)27/h4-12,14,29H,13H2,1-3H3. The van der Waals surface area contributed by atoms with Gasteiger partial charge in [-0.2, -0.15) is 13.2 Å². The molecule has 0 saturated carbocycles. The van der Waals surface area contributed by atoms with Crippen molar-refractivity contribution in [3.63, 3.8) is 0 Å². The summed E-state index contributed by atoms with van der Waals surface area (Å²) in [6.07, 6.45) is -3.01. The molecule has 0 unspecified atom stereocenters. The molecule has 1 heterocycles. The van der Waals surface area contributed by atoms with Crippen LogP contribution in [0.1, 0.15) is 27.8 Å². The monoisotopic (exact) mass is 473 g/mol. The van der Waals surface area contributed by atoms with Crippen LogP contribution in [0.2, 0.25) is 0 Å². The first-order chi connectivity index (χ1) is 15.5. The zero-order chi connectivity index (χ0) is 24.0. The van der Waals surface area contributed by atoms with E-state index in [1.54, 1.807) is 13.3 Å². The lowest BCUT2D eigenvalue weighted by Gasteiger charge is -2.15. The van der Waals surface area contributed by atoms with E-state index in [0.717, 1.165) is 40.4 Å². The van der Waals surface area contributed by atoms with Gasteiger partial charge in [-0.05, 0) is 61.7 Å². The fourth-order valence-electron chi connectivity index (χ4n) is 3.71. The maximum atomic E-state index is 13.1. The maximum absolute atomic E-state index is 13.1. The molecule has 0 atom stereocenters. The van der Waals surface area contributed by atoms with Crippen LogP contribution in [0.5, 0.6) is 0 Å². The van der Waals surface area contributed by atoms with Gasteiger partial charge in [-0.3, -0.25) is 4.72 Å². The second-order valence-electron chi connectivity index (χ2n) is 8.05. The van der Waals surface area contributed by atoms with E-state index in [9.17, 15) is 21.6 Å². The molecule has 4 aromatic rings. The summed E-state index contributed by atoms with van der Waals surface area (Å²) < 4.78 is 69.7. The average molecular weight is 474 g/mol. The number of rotatable bonds is 5. The Hall–Kier alpha value is -3.33. The molecule has 3 aromatic carbocycles. The summed E-state index contributed by atoms with van der Waals surface area (Å²) in [5.41, 5.74) is 4.05. The van der Waals surface area contributed by atoms with Crippen molar-refractivity contribution in [2.75, 3.05) is 4.72 Å². The number of alkyl halides is 3. The minimum absolute atomic E-state index is 0.255. The molecule has 0 fully saturated rings. The van der Waals surface area contributed by atoms with Crippen LogP contribution in [0.3, 0.4) is 0 Å². The summed E-state index contributed by atoms with van der Waals surface area (Å²) in [5.74, 6) is 0. The van der Waals surface area contributed by atoms with E-state index in [1.165, 1.54) is 0 Å². The van der Waals surface area contributed by atoms with E-state index in [1.807, 2.05) is 42.7 Å². The number of imidazole rings is 1. The third-order valence-electron chi connectivity index (χ3n) is 5.58. The zero-order valence-electron chi connectivity index (χ0n) is 18.2. The molecule has 0 spiro atoms. The Bertz CT molecular complexity index is 1460. The van der Waals surface area contributed by atoms with Crippen LogP contribution in [-0.4, -0.2) is 18.0 Å². The number of aromatic nitrogens is 2. The molecular formula is C24H22F3N3O2S. The quantitative estimate of drug-likeness (QED) is 0.397. The molecule has 4 rings (SSSR count). The smallest absolute Gasteiger partial charge is 0.326 e. The molecule has 0 saturated heterocycles. The van der Waals surface area contributed by atoms with Gasteiger partial charge < -0.3 is 4.57 Å². The van der Waals surface area contributed by atoms with Crippen LogP contribution in [-0.2, 0) is 22.7 Å². The first-order valence-corrected chi connectivity index (χ1v) is 11.6. The zero-order valence-corrected chi connectivity index (χ0v) is 19.1. The molecule has 1 aromatic heterocycles. The molecule has 0 bridgehead atoms. The molecule has 0 aliphatic rings. The lowest BCUT2D eigenvalue weighted by molar-refractivity contribution is -0.137. The van der Waals surface area contributed by atoms with Crippen molar-refractivity contribution in [2.45, 2.75) is 38.4 Å². The second kappa shape index (κ2) is 8.22. The molecular weight excluding hydrogens is 451 g/mol. The molecule has 0 aliphatic carbocycles. The largest absolute Gasteiger partial charge is 0.416 e. The average Bonchev–Trinajstić information content (AvgIpc) is 3.13. The topological polar surface area (TPSA) is 64.0 Å². The summed E-state index contributed by atoms with van der Waals surface area (Å²) in [6.45, 7) is 6.14. The van der Waals surface area contributed by atoms with Crippen molar-refractivity contribution >= 4 is 26.7 Å². The highest BCUT2D eigenvalue weighted by Crippen LogP contribution is 2.33. The minimum atomic E-state index is -4.65. The number of hydrogen-bond acceptors (Lipinski definition) is 3. The molecule has 1 N–H and O–H groups in total. The van der Waals surface area contributed by atoms with Gasteiger partial charge in [0.25, 0.3) is 10.0 Å². The Morgan fingerprint density at radius 3 is 2.42 bits per heavy atom. The predicted molar refractivity (Wildman–Crippen MR) is 122 cm³/mol. The number of anilines is 1. The van der Waals surface area contributed by atoms with Crippen LogP contribution >= 0.6 is 0 Å². The highest BCUT2D eigenvalue weighted by Gasteiger charge is 2.32. The Morgan fingerprint density at radius 1 is 1.00 bits per heavy atom.